The molecule has 0 saturated heterocycles. The van der Waals surface area contributed by atoms with Crippen LogP contribution in [0.15, 0.2) is 103 Å². The molecule has 0 aliphatic carbocycles. The quantitative estimate of drug-likeness (QED) is 0.162. The third-order valence-electron chi connectivity index (χ3n) is 6.38. The summed E-state index contributed by atoms with van der Waals surface area (Å²) in [6.45, 7) is 1.73. The van der Waals surface area contributed by atoms with Gasteiger partial charge in [0.25, 0.3) is 0 Å². The van der Waals surface area contributed by atoms with E-state index < -0.39 is 0 Å². The predicted octanol–water partition coefficient (Wildman–Crippen LogP) is 7.66. The van der Waals surface area contributed by atoms with Crippen molar-refractivity contribution in [2.75, 3.05) is 6.61 Å². The van der Waals surface area contributed by atoms with Crippen LogP contribution in [0.4, 0.5) is 0 Å². The van der Waals surface area contributed by atoms with Gasteiger partial charge < -0.3 is 9.30 Å². The van der Waals surface area contributed by atoms with E-state index in [4.69, 9.17) is 4.74 Å². The number of nitrogens with zero attached hydrogens (tertiary/aromatic N) is 1. The fourth-order valence-electron chi connectivity index (χ4n) is 4.62. The zero-order chi connectivity index (χ0) is 23.2. The third kappa shape index (κ3) is 4.74. The predicted molar refractivity (Wildman–Crippen MR) is 140 cm³/mol. The van der Waals surface area contributed by atoms with Gasteiger partial charge in [0.1, 0.15) is 5.75 Å². The summed E-state index contributed by atoms with van der Waals surface area (Å²) >= 11 is 0. The van der Waals surface area contributed by atoms with Crippen LogP contribution < -0.4 is 4.74 Å². The first-order valence-corrected chi connectivity index (χ1v) is 12.1. The summed E-state index contributed by atoms with van der Waals surface area (Å²) in [7, 11) is 0. The van der Waals surface area contributed by atoms with Gasteiger partial charge in [0.2, 0.25) is 0 Å². The van der Waals surface area contributed by atoms with Gasteiger partial charge in [-0.05, 0) is 49.2 Å². The van der Waals surface area contributed by atoms with E-state index in [0.29, 0.717) is 17.7 Å². The third-order valence-corrected chi connectivity index (χ3v) is 6.38. The first-order chi connectivity index (χ1) is 16.8. The van der Waals surface area contributed by atoms with E-state index in [-0.39, 0.29) is 5.78 Å². The first kappa shape index (κ1) is 22.0. The maximum absolute atomic E-state index is 12.5. The van der Waals surface area contributed by atoms with Crippen LogP contribution in [0.25, 0.3) is 21.8 Å². The van der Waals surface area contributed by atoms with Gasteiger partial charge in [-0.2, -0.15) is 0 Å². The summed E-state index contributed by atoms with van der Waals surface area (Å²) in [6, 6.07) is 34.2. The van der Waals surface area contributed by atoms with Gasteiger partial charge in [-0.1, -0.05) is 79.6 Å². The summed E-state index contributed by atoms with van der Waals surface area (Å²) in [5.41, 5.74) is 4.03. The number of aryl methyl sites for hydroxylation is 1. The molecule has 0 fully saturated rings. The highest BCUT2D eigenvalue weighted by Crippen LogP contribution is 2.29. The summed E-state index contributed by atoms with van der Waals surface area (Å²) < 4.78 is 8.36. The summed E-state index contributed by atoms with van der Waals surface area (Å²) in [6.07, 6.45) is 4.49. The molecule has 0 amide bonds. The molecule has 0 bridgehead atoms. The minimum Gasteiger partial charge on any atom is -0.494 e. The Hall–Kier alpha value is -3.85. The van der Waals surface area contributed by atoms with E-state index in [2.05, 4.69) is 53.1 Å². The van der Waals surface area contributed by atoms with Crippen molar-refractivity contribution in [1.29, 1.82) is 0 Å². The zero-order valence-electron chi connectivity index (χ0n) is 19.3. The minimum atomic E-state index is 0.0374. The Balaban J connectivity index is 1.07. The molecule has 0 aliphatic heterocycles. The lowest BCUT2D eigenvalue weighted by Crippen LogP contribution is -2.02. The number of fused-ring (bicyclic) bond motifs is 3. The van der Waals surface area contributed by atoms with E-state index >= 15 is 0 Å². The second-order valence-corrected chi connectivity index (χ2v) is 8.67. The Morgan fingerprint density at radius 3 is 1.82 bits per heavy atom. The highest BCUT2D eigenvalue weighted by Gasteiger charge is 2.10. The van der Waals surface area contributed by atoms with E-state index in [9.17, 15) is 4.79 Å². The topological polar surface area (TPSA) is 31.2 Å². The van der Waals surface area contributed by atoms with Crippen molar-refractivity contribution >= 4 is 27.6 Å². The normalized spacial score (nSPS) is 11.2. The van der Waals surface area contributed by atoms with Crippen LogP contribution in [0.3, 0.4) is 0 Å². The van der Waals surface area contributed by atoms with Crippen molar-refractivity contribution < 1.29 is 9.53 Å². The van der Waals surface area contributed by atoms with Crippen LogP contribution in [-0.2, 0) is 6.54 Å². The molecule has 4 aromatic carbocycles. The smallest absolute Gasteiger partial charge is 0.193 e. The Morgan fingerprint density at radius 2 is 1.15 bits per heavy atom. The second kappa shape index (κ2) is 10.4. The maximum atomic E-state index is 12.5. The molecule has 0 atom stereocenters. The van der Waals surface area contributed by atoms with Crippen molar-refractivity contribution in [3.05, 3.63) is 114 Å². The van der Waals surface area contributed by atoms with Crippen molar-refractivity contribution in [2.24, 2.45) is 0 Å². The van der Waals surface area contributed by atoms with Crippen LogP contribution >= 0.6 is 0 Å². The number of aromatic nitrogens is 1. The fraction of sp³-hybridized carbons (Fsp3) is 0.194. The van der Waals surface area contributed by atoms with Crippen LogP contribution in [0.5, 0.6) is 5.75 Å². The molecule has 1 aromatic heterocycles. The van der Waals surface area contributed by atoms with Gasteiger partial charge >= 0.3 is 0 Å². The van der Waals surface area contributed by atoms with Gasteiger partial charge in [0.05, 0.1) is 6.61 Å². The number of carbonyl (C=O) groups is 1. The summed E-state index contributed by atoms with van der Waals surface area (Å²) in [5, 5.41) is 2.67. The van der Waals surface area contributed by atoms with Crippen LogP contribution in [0, 0.1) is 0 Å². The van der Waals surface area contributed by atoms with Crippen molar-refractivity contribution in [2.45, 2.75) is 32.2 Å². The molecule has 0 aliphatic rings. The largest absolute Gasteiger partial charge is 0.494 e. The number of hydrogen-bond donors (Lipinski definition) is 0. The minimum absolute atomic E-state index is 0.0374. The number of hydrogen-bond acceptors (Lipinski definition) is 2. The van der Waals surface area contributed by atoms with E-state index in [1.54, 1.807) is 0 Å². The lowest BCUT2D eigenvalue weighted by molar-refractivity contribution is 0.103. The average Bonchev–Trinajstić information content (AvgIpc) is 3.22. The van der Waals surface area contributed by atoms with Gasteiger partial charge in [-0.3, -0.25) is 4.79 Å². The molecule has 0 spiro atoms. The number of unbranched alkanes of at least 4 members (excludes halogenated alkanes) is 3. The van der Waals surface area contributed by atoms with Crippen LogP contribution in [0.2, 0.25) is 0 Å². The average molecular weight is 448 g/mol. The van der Waals surface area contributed by atoms with Gasteiger partial charge in [0.15, 0.2) is 5.78 Å². The summed E-state index contributed by atoms with van der Waals surface area (Å²) in [5.74, 6) is 0.852. The van der Waals surface area contributed by atoms with Crippen molar-refractivity contribution in [3.63, 3.8) is 0 Å². The molecule has 170 valence electrons. The van der Waals surface area contributed by atoms with Gasteiger partial charge in [-0.25, -0.2) is 0 Å². The number of para-hydroxylation sites is 2. The van der Waals surface area contributed by atoms with E-state index in [1.165, 1.54) is 28.2 Å². The Morgan fingerprint density at radius 1 is 0.588 bits per heavy atom. The molecule has 0 unspecified atom stereocenters. The lowest BCUT2D eigenvalue weighted by Gasteiger charge is -2.09. The summed E-state index contributed by atoms with van der Waals surface area (Å²) in [4.78, 5) is 12.5. The standard InChI is InChI=1S/C31H29NO2/c33-31(24-12-4-3-5-13-24)25-18-20-26(21-19-25)34-23-11-2-1-10-22-32-29-16-8-6-14-27(29)28-15-7-9-17-30(28)32/h3-9,12-21H,1-2,10-11,22-23H2. The number of carbonyl (C=O) groups excluding carboxylic acids is 1. The highest BCUT2D eigenvalue weighted by atomic mass is 16.5. The molecule has 3 heteroatoms. The van der Waals surface area contributed by atoms with Gasteiger partial charge in [0, 0.05) is 39.5 Å². The van der Waals surface area contributed by atoms with Crippen molar-refractivity contribution in [3.8, 4) is 5.75 Å². The molecule has 34 heavy (non-hydrogen) atoms. The molecule has 0 radical (unpaired) electrons. The van der Waals surface area contributed by atoms with E-state index in [0.717, 1.165) is 31.6 Å². The molecular weight excluding hydrogens is 418 g/mol. The number of benzene rings is 4. The maximum Gasteiger partial charge on any atom is 0.193 e. The number of rotatable bonds is 10. The Kier molecular flexibility index (Phi) is 6.71. The molecule has 1 heterocycles. The number of ether oxygens (including phenoxy) is 1. The molecule has 5 rings (SSSR count). The molecule has 5 aromatic rings. The molecule has 0 N–H and O–H groups in total. The Bertz CT molecular complexity index is 1330. The zero-order valence-corrected chi connectivity index (χ0v) is 19.3. The van der Waals surface area contributed by atoms with Gasteiger partial charge in [-0.15, -0.1) is 0 Å². The lowest BCUT2D eigenvalue weighted by atomic mass is 10.0. The SMILES string of the molecule is O=C(c1ccccc1)c1ccc(OCCCCCCn2c3ccccc3c3ccccc32)cc1. The Labute approximate surface area is 200 Å². The molecular formula is C31H29NO2. The number of ketones is 1. The first-order valence-electron chi connectivity index (χ1n) is 12.1. The second-order valence-electron chi connectivity index (χ2n) is 8.67. The van der Waals surface area contributed by atoms with E-state index in [1.807, 2.05) is 54.6 Å². The highest BCUT2D eigenvalue weighted by molar-refractivity contribution is 6.09. The monoisotopic (exact) mass is 447 g/mol. The molecule has 3 nitrogen and oxygen atoms in total. The van der Waals surface area contributed by atoms with Crippen LogP contribution in [0.1, 0.15) is 41.6 Å². The fourth-order valence-corrected chi connectivity index (χ4v) is 4.62. The molecule has 0 saturated carbocycles. The van der Waals surface area contributed by atoms with Crippen LogP contribution in [-0.4, -0.2) is 17.0 Å². The van der Waals surface area contributed by atoms with Crippen molar-refractivity contribution in [1.82, 2.24) is 4.57 Å².